The molecule has 0 bridgehead atoms. The van der Waals surface area contributed by atoms with Crippen LogP contribution in [0, 0.1) is 17.0 Å². The molecule has 0 fully saturated rings. The van der Waals surface area contributed by atoms with Crippen LogP contribution in [0.3, 0.4) is 0 Å². The number of pyridine rings is 1. The predicted octanol–water partition coefficient (Wildman–Crippen LogP) is 4.10. The van der Waals surface area contributed by atoms with E-state index in [2.05, 4.69) is 15.9 Å². The van der Waals surface area contributed by atoms with Gasteiger partial charge in [-0.3, -0.25) is 9.78 Å². The van der Waals surface area contributed by atoms with Crippen LogP contribution in [0.2, 0.25) is 0 Å². The quantitative estimate of drug-likeness (QED) is 0.348. The number of hydrogen-bond donors (Lipinski definition) is 0. The summed E-state index contributed by atoms with van der Waals surface area (Å²) in [6, 6.07) is 17.1. The molecule has 0 N–H and O–H groups in total. The van der Waals surface area contributed by atoms with Crippen LogP contribution >= 0.6 is 0 Å². The SMILES string of the molecule is Cc1ccc2cc([C@H](C)C(=O)OCc3cccc(CO[N+](=O)[O-])n3)ccc2c1. The number of nitrogens with zero attached hydrogens (tertiary/aromatic N) is 2. The summed E-state index contributed by atoms with van der Waals surface area (Å²) < 4.78 is 5.38. The molecule has 0 aliphatic heterocycles. The lowest BCUT2D eigenvalue weighted by molar-refractivity contribution is -0.763. The summed E-state index contributed by atoms with van der Waals surface area (Å²) in [4.78, 5) is 31.2. The van der Waals surface area contributed by atoms with Gasteiger partial charge >= 0.3 is 5.97 Å². The average Bonchev–Trinajstić information content (AvgIpc) is 2.69. The summed E-state index contributed by atoms with van der Waals surface area (Å²) >= 11 is 0. The van der Waals surface area contributed by atoms with Gasteiger partial charge in [0, 0.05) is 0 Å². The summed E-state index contributed by atoms with van der Waals surface area (Å²) in [5, 5.41) is 11.6. The monoisotopic (exact) mass is 380 g/mol. The van der Waals surface area contributed by atoms with Crippen molar-refractivity contribution in [3.63, 3.8) is 0 Å². The van der Waals surface area contributed by atoms with Gasteiger partial charge in [-0.1, -0.05) is 48.0 Å². The number of aryl methyl sites for hydroxylation is 1. The Kier molecular flexibility index (Phi) is 5.84. The third-order valence-corrected chi connectivity index (χ3v) is 4.42. The molecular formula is C21H20N2O5. The topological polar surface area (TPSA) is 91.6 Å². The van der Waals surface area contributed by atoms with Gasteiger partial charge < -0.3 is 9.57 Å². The van der Waals surface area contributed by atoms with E-state index in [-0.39, 0.29) is 19.2 Å². The highest BCUT2D eigenvalue weighted by atomic mass is 16.9. The molecule has 7 heteroatoms. The van der Waals surface area contributed by atoms with Crippen LogP contribution in [0.5, 0.6) is 0 Å². The van der Waals surface area contributed by atoms with E-state index >= 15 is 0 Å². The van der Waals surface area contributed by atoms with E-state index in [4.69, 9.17) is 4.74 Å². The Balaban J connectivity index is 1.64. The Morgan fingerprint density at radius 1 is 1.07 bits per heavy atom. The number of hydrogen-bond acceptors (Lipinski definition) is 6. The predicted molar refractivity (Wildman–Crippen MR) is 103 cm³/mol. The third-order valence-electron chi connectivity index (χ3n) is 4.42. The van der Waals surface area contributed by atoms with Crippen LogP contribution in [-0.4, -0.2) is 16.0 Å². The minimum atomic E-state index is -0.874. The van der Waals surface area contributed by atoms with Gasteiger partial charge in [-0.25, -0.2) is 0 Å². The maximum atomic E-state index is 12.4. The molecule has 1 atom stereocenters. The van der Waals surface area contributed by atoms with E-state index < -0.39 is 11.0 Å². The van der Waals surface area contributed by atoms with Crippen molar-refractivity contribution >= 4 is 16.7 Å². The highest BCUT2D eigenvalue weighted by molar-refractivity contribution is 5.86. The van der Waals surface area contributed by atoms with Crippen molar-refractivity contribution in [1.29, 1.82) is 0 Å². The number of fused-ring (bicyclic) bond motifs is 1. The summed E-state index contributed by atoms with van der Waals surface area (Å²) in [7, 11) is 0. The first-order valence-corrected chi connectivity index (χ1v) is 8.81. The first-order chi connectivity index (χ1) is 13.4. The number of benzene rings is 2. The van der Waals surface area contributed by atoms with E-state index in [1.807, 2.05) is 37.3 Å². The summed E-state index contributed by atoms with van der Waals surface area (Å²) in [6.07, 6.45) is 0. The van der Waals surface area contributed by atoms with E-state index in [9.17, 15) is 14.9 Å². The zero-order valence-corrected chi connectivity index (χ0v) is 15.6. The second-order valence-electron chi connectivity index (χ2n) is 6.56. The number of rotatable bonds is 7. The van der Waals surface area contributed by atoms with Crippen molar-refractivity contribution in [2.24, 2.45) is 0 Å². The van der Waals surface area contributed by atoms with Crippen LogP contribution in [0.15, 0.2) is 54.6 Å². The minimum Gasteiger partial charge on any atom is -0.459 e. The molecule has 28 heavy (non-hydrogen) atoms. The maximum Gasteiger partial charge on any atom is 0.313 e. The molecule has 3 aromatic rings. The van der Waals surface area contributed by atoms with Gasteiger partial charge in [-0.05, 0) is 42.3 Å². The molecule has 0 saturated carbocycles. The van der Waals surface area contributed by atoms with Gasteiger partial charge in [0.2, 0.25) is 0 Å². The fourth-order valence-corrected chi connectivity index (χ4v) is 2.87. The number of carbonyl (C=O) groups is 1. The van der Waals surface area contributed by atoms with Crippen LogP contribution in [0.4, 0.5) is 0 Å². The molecule has 7 nitrogen and oxygen atoms in total. The fourth-order valence-electron chi connectivity index (χ4n) is 2.87. The molecule has 0 spiro atoms. The first-order valence-electron chi connectivity index (χ1n) is 8.81. The van der Waals surface area contributed by atoms with Crippen molar-refractivity contribution in [2.75, 3.05) is 0 Å². The van der Waals surface area contributed by atoms with E-state index in [1.165, 1.54) is 5.56 Å². The van der Waals surface area contributed by atoms with Crippen molar-refractivity contribution in [1.82, 2.24) is 4.98 Å². The smallest absolute Gasteiger partial charge is 0.313 e. The van der Waals surface area contributed by atoms with Gasteiger partial charge in [-0.2, -0.15) is 0 Å². The largest absolute Gasteiger partial charge is 0.459 e. The fraction of sp³-hybridized carbons (Fsp3) is 0.238. The lowest BCUT2D eigenvalue weighted by Gasteiger charge is -2.13. The van der Waals surface area contributed by atoms with Crippen molar-refractivity contribution in [2.45, 2.75) is 33.0 Å². The summed E-state index contributed by atoms with van der Waals surface area (Å²) in [5.74, 6) is -0.785. The summed E-state index contributed by atoms with van der Waals surface area (Å²) in [5.41, 5.74) is 2.95. The van der Waals surface area contributed by atoms with Gasteiger partial charge in [0.25, 0.3) is 5.09 Å². The third kappa shape index (κ3) is 4.82. The Labute approximate surface area is 162 Å². The van der Waals surface area contributed by atoms with E-state index in [0.717, 1.165) is 16.3 Å². The molecule has 144 valence electrons. The van der Waals surface area contributed by atoms with Crippen molar-refractivity contribution in [3.8, 4) is 0 Å². The number of esters is 1. The maximum absolute atomic E-state index is 12.4. The number of carbonyl (C=O) groups excluding carboxylic acids is 1. The molecule has 3 rings (SSSR count). The lowest BCUT2D eigenvalue weighted by atomic mass is 9.97. The van der Waals surface area contributed by atoms with Crippen LogP contribution < -0.4 is 0 Å². The van der Waals surface area contributed by atoms with Crippen LogP contribution in [-0.2, 0) is 27.6 Å². The first kappa shape index (κ1) is 19.3. The summed E-state index contributed by atoms with van der Waals surface area (Å²) in [6.45, 7) is 3.58. The van der Waals surface area contributed by atoms with Crippen molar-refractivity contribution < 1.29 is 19.5 Å². The molecule has 1 heterocycles. The molecule has 0 saturated heterocycles. The molecule has 2 aromatic carbocycles. The average molecular weight is 380 g/mol. The molecule has 0 unspecified atom stereocenters. The Hall–Kier alpha value is -3.48. The second kappa shape index (κ2) is 8.47. The van der Waals surface area contributed by atoms with Gasteiger partial charge in [0.1, 0.15) is 13.2 Å². The number of aromatic nitrogens is 1. The number of ether oxygens (including phenoxy) is 1. The van der Waals surface area contributed by atoms with Gasteiger partial charge in [-0.15, -0.1) is 10.1 Å². The zero-order chi connectivity index (χ0) is 20.1. The molecule has 0 aliphatic carbocycles. The molecule has 0 amide bonds. The minimum absolute atomic E-state index is 0.0117. The highest BCUT2D eigenvalue weighted by Crippen LogP contribution is 2.24. The standard InChI is InChI=1S/C21H20N2O5/c1-14-6-7-18-11-16(8-9-17(18)10-14)15(2)21(24)27-12-19-4-3-5-20(22-19)13-28-23(25)26/h3-11,15H,12-13H2,1-2H3/t15-/m0/s1. The van der Waals surface area contributed by atoms with Crippen molar-refractivity contribution in [3.05, 3.63) is 87.2 Å². The second-order valence-corrected chi connectivity index (χ2v) is 6.56. The normalized spacial score (nSPS) is 11.8. The highest BCUT2D eigenvalue weighted by Gasteiger charge is 2.17. The van der Waals surface area contributed by atoms with Crippen LogP contribution in [0.25, 0.3) is 10.8 Å². The Morgan fingerprint density at radius 3 is 2.50 bits per heavy atom. The van der Waals surface area contributed by atoms with Gasteiger partial charge in [0.15, 0.2) is 0 Å². The zero-order valence-electron chi connectivity index (χ0n) is 15.6. The molecular weight excluding hydrogens is 360 g/mol. The Morgan fingerprint density at radius 2 is 1.75 bits per heavy atom. The van der Waals surface area contributed by atoms with E-state index in [0.29, 0.717) is 11.4 Å². The molecule has 0 aliphatic rings. The van der Waals surface area contributed by atoms with Crippen LogP contribution in [0.1, 0.15) is 35.4 Å². The molecule has 0 radical (unpaired) electrons. The van der Waals surface area contributed by atoms with E-state index in [1.54, 1.807) is 25.1 Å². The Bertz CT molecular complexity index is 1020. The van der Waals surface area contributed by atoms with Gasteiger partial charge in [0.05, 0.1) is 17.3 Å². The molecule has 1 aromatic heterocycles. The lowest BCUT2D eigenvalue weighted by Crippen LogP contribution is -2.14.